The zero-order chi connectivity index (χ0) is 16.4. The van der Waals surface area contributed by atoms with Gasteiger partial charge in [-0.15, -0.1) is 11.3 Å². The van der Waals surface area contributed by atoms with Crippen LogP contribution in [0, 0.1) is 0 Å². The first kappa shape index (κ1) is 15.0. The summed E-state index contributed by atoms with van der Waals surface area (Å²) in [7, 11) is 0. The minimum Gasteiger partial charge on any atom is -0.301 e. The highest BCUT2D eigenvalue weighted by molar-refractivity contribution is 7.14. The number of rotatable bonds is 3. The van der Waals surface area contributed by atoms with Crippen LogP contribution in [0.15, 0.2) is 54.2 Å². The number of carbonyl (C=O) groups excluding carboxylic acids is 1. The second-order valence-electron chi connectivity index (χ2n) is 5.67. The van der Waals surface area contributed by atoms with Crippen LogP contribution in [0.4, 0.5) is 5.13 Å². The van der Waals surface area contributed by atoms with Gasteiger partial charge in [-0.1, -0.05) is 24.3 Å². The Labute approximate surface area is 143 Å². The third-order valence-electron chi connectivity index (χ3n) is 4.11. The molecule has 3 aromatic rings. The molecule has 24 heavy (non-hydrogen) atoms. The minimum absolute atomic E-state index is 0.0415. The Balaban J connectivity index is 1.45. The second kappa shape index (κ2) is 6.51. The topological polar surface area (TPSA) is 66.9 Å². The molecule has 4 rings (SSSR count). The number of pyridine rings is 1. The number of benzene rings is 1. The van der Waals surface area contributed by atoms with Crippen molar-refractivity contribution in [2.45, 2.75) is 19.0 Å². The van der Waals surface area contributed by atoms with Gasteiger partial charge < -0.3 is 10.6 Å². The molecule has 1 aromatic carbocycles. The third-order valence-corrected chi connectivity index (χ3v) is 4.87. The fraction of sp³-hybridized carbons (Fsp3) is 0.167. The molecule has 2 N–H and O–H groups in total. The average Bonchev–Trinajstić information content (AvgIpc) is 3.10. The summed E-state index contributed by atoms with van der Waals surface area (Å²) in [6.07, 6.45) is 4.16. The van der Waals surface area contributed by atoms with Crippen molar-refractivity contribution < 1.29 is 4.79 Å². The summed E-state index contributed by atoms with van der Waals surface area (Å²) >= 11 is 1.43. The first-order valence-electron chi connectivity index (χ1n) is 7.76. The van der Waals surface area contributed by atoms with Crippen LogP contribution >= 0.6 is 11.3 Å². The second-order valence-corrected chi connectivity index (χ2v) is 6.53. The molecule has 1 aliphatic rings. The van der Waals surface area contributed by atoms with Crippen LogP contribution in [0.5, 0.6) is 0 Å². The molecule has 5 nitrogen and oxygen atoms in total. The monoisotopic (exact) mass is 336 g/mol. The van der Waals surface area contributed by atoms with E-state index in [4.69, 9.17) is 0 Å². The maximum absolute atomic E-state index is 12.5. The van der Waals surface area contributed by atoms with Crippen LogP contribution in [-0.4, -0.2) is 21.9 Å². The Morgan fingerprint density at radius 2 is 1.96 bits per heavy atom. The average molecular weight is 336 g/mol. The molecular weight excluding hydrogens is 320 g/mol. The maximum Gasteiger partial charge on any atom is 0.243 e. The molecule has 0 bridgehead atoms. The molecule has 6 heteroatoms. The predicted octanol–water partition coefficient (Wildman–Crippen LogP) is 2.86. The number of nitrogens with zero attached hydrogens (tertiary/aromatic N) is 2. The smallest absolute Gasteiger partial charge is 0.243 e. The van der Waals surface area contributed by atoms with Gasteiger partial charge in [0.05, 0.1) is 11.7 Å². The van der Waals surface area contributed by atoms with Crippen molar-refractivity contribution in [1.82, 2.24) is 15.3 Å². The van der Waals surface area contributed by atoms with E-state index < -0.39 is 0 Å². The first-order valence-corrected chi connectivity index (χ1v) is 8.64. The van der Waals surface area contributed by atoms with Crippen molar-refractivity contribution in [3.05, 3.63) is 65.3 Å². The SMILES string of the molecule is O=C(Nc1nc(-c2ccncc2)cs1)C1Cc2ccccc2CN1. The van der Waals surface area contributed by atoms with Crippen LogP contribution in [0.2, 0.25) is 0 Å². The van der Waals surface area contributed by atoms with Crippen LogP contribution < -0.4 is 10.6 Å². The number of hydrogen-bond acceptors (Lipinski definition) is 5. The van der Waals surface area contributed by atoms with E-state index in [-0.39, 0.29) is 11.9 Å². The number of anilines is 1. The third kappa shape index (κ3) is 3.06. The number of thiazole rings is 1. The van der Waals surface area contributed by atoms with Gasteiger partial charge in [-0.05, 0) is 29.7 Å². The summed E-state index contributed by atoms with van der Waals surface area (Å²) in [5.41, 5.74) is 4.33. The zero-order valence-corrected chi connectivity index (χ0v) is 13.7. The fourth-order valence-electron chi connectivity index (χ4n) is 2.82. The quantitative estimate of drug-likeness (QED) is 0.772. The van der Waals surface area contributed by atoms with Crippen molar-refractivity contribution in [3.63, 3.8) is 0 Å². The largest absolute Gasteiger partial charge is 0.301 e. The molecule has 3 heterocycles. The molecule has 0 aliphatic carbocycles. The van der Waals surface area contributed by atoms with Gasteiger partial charge in [0.15, 0.2) is 5.13 Å². The molecule has 120 valence electrons. The summed E-state index contributed by atoms with van der Waals surface area (Å²) < 4.78 is 0. The van der Waals surface area contributed by atoms with E-state index in [0.29, 0.717) is 18.1 Å². The molecule has 1 aliphatic heterocycles. The highest BCUT2D eigenvalue weighted by Crippen LogP contribution is 2.25. The van der Waals surface area contributed by atoms with Crippen LogP contribution in [0.1, 0.15) is 11.1 Å². The van der Waals surface area contributed by atoms with Crippen molar-refractivity contribution in [2.24, 2.45) is 0 Å². The van der Waals surface area contributed by atoms with E-state index in [9.17, 15) is 4.79 Å². The molecule has 0 fully saturated rings. The lowest BCUT2D eigenvalue weighted by Gasteiger charge is -2.24. The summed E-state index contributed by atoms with van der Waals surface area (Å²) in [4.78, 5) is 21.0. The zero-order valence-electron chi connectivity index (χ0n) is 12.9. The molecule has 0 saturated carbocycles. The van der Waals surface area contributed by atoms with Crippen LogP contribution in [-0.2, 0) is 17.8 Å². The normalized spacial score (nSPS) is 16.4. The van der Waals surface area contributed by atoms with Crippen molar-refractivity contribution in [3.8, 4) is 11.3 Å². The number of carbonyl (C=O) groups is 1. The Morgan fingerprint density at radius 1 is 1.17 bits per heavy atom. The van der Waals surface area contributed by atoms with Gasteiger partial charge in [0, 0.05) is 29.9 Å². The fourth-order valence-corrected chi connectivity index (χ4v) is 3.54. The number of amides is 1. The first-order chi connectivity index (χ1) is 11.8. The molecule has 0 spiro atoms. The van der Waals surface area contributed by atoms with Crippen molar-refractivity contribution in [1.29, 1.82) is 0 Å². The van der Waals surface area contributed by atoms with E-state index in [1.54, 1.807) is 12.4 Å². The van der Waals surface area contributed by atoms with Crippen LogP contribution in [0.25, 0.3) is 11.3 Å². The lowest BCUT2D eigenvalue weighted by Crippen LogP contribution is -2.44. The Kier molecular flexibility index (Phi) is 4.06. The minimum atomic E-state index is -0.229. The summed E-state index contributed by atoms with van der Waals surface area (Å²) in [5, 5.41) is 8.77. The summed E-state index contributed by atoms with van der Waals surface area (Å²) in [5.74, 6) is -0.0415. The summed E-state index contributed by atoms with van der Waals surface area (Å²) in [6.45, 7) is 0.717. The maximum atomic E-state index is 12.5. The van der Waals surface area contributed by atoms with Crippen LogP contribution in [0.3, 0.4) is 0 Å². The Bertz CT molecular complexity index is 862. The Hall–Kier alpha value is -2.57. The van der Waals surface area contributed by atoms with E-state index in [0.717, 1.165) is 11.3 Å². The van der Waals surface area contributed by atoms with E-state index in [1.807, 2.05) is 29.6 Å². The number of nitrogens with one attached hydrogen (secondary N) is 2. The van der Waals surface area contributed by atoms with E-state index >= 15 is 0 Å². The lowest BCUT2D eigenvalue weighted by molar-refractivity contribution is -0.118. The molecular formula is C18H16N4OS. The van der Waals surface area contributed by atoms with E-state index in [2.05, 4.69) is 32.7 Å². The van der Waals surface area contributed by atoms with Gasteiger partial charge >= 0.3 is 0 Å². The molecule has 2 aromatic heterocycles. The molecule has 1 unspecified atom stereocenters. The van der Waals surface area contributed by atoms with Gasteiger partial charge in [-0.3, -0.25) is 9.78 Å². The highest BCUT2D eigenvalue weighted by Gasteiger charge is 2.24. The van der Waals surface area contributed by atoms with Gasteiger partial charge in [-0.2, -0.15) is 0 Å². The van der Waals surface area contributed by atoms with Crippen molar-refractivity contribution >= 4 is 22.4 Å². The van der Waals surface area contributed by atoms with Gasteiger partial charge in [0.25, 0.3) is 0 Å². The molecule has 1 amide bonds. The molecule has 0 saturated heterocycles. The number of fused-ring (bicyclic) bond motifs is 1. The lowest BCUT2D eigenvalue weighted by atomic mass is 9.95. The predicted molar refractivity (Wildman–Crippen MR) is 94.7 cm³/mol. The van der Waals surface area contributed by atoms with Gasteiger partial charge in [-0.25, -0.2) is 4.98 Å². The highest BCUT2D eigenvalue weighted by atomic mass is 32.1. The number of hydrogen-bond donors (Lipinski definition) is 2. The van der Waals surface area contributed by atoms with Gasteiger partial charge in [0.2, 0.25) is 5.91 Å². The van der Waals surface area contributed by atoms with E-state index in [1.165, 1.54) is 22.5 Å². The standard InChI is InChI=1S/C18H16N4OS/c23-17(15-9-13-3-1-2-4-14(13)10-20-15)22-18-21-16(11-24-18)12-5-7-19-8-6-12/h1-8,11,15,20H,9-10H2,(H,21,22,23). The van der Waals surface area contributed by atoms with Gasteiger partial charge in [0.1, 0.15) is 0 Å². The molecule has 0 radical (unpaired) electrons. The molecule has 1 atom stereocenters. The summed E-state index contributed by atoms with van der Waals surface area (Å²) in [6, 6.07) is 11.8. The number of aromatic nitrogens is 2. The Morgan fingerprint density at radius 3 is 2.79 bits per heavy atom. The van der Waals surface area contributed by atoms with Crippen molar-refractivity contribution in [2.75, 3.05) is 5.32 Å².